The predicted molar refractivity (Wildman–Crippen MR) is 358 cm³/mol. The Bertz CT molecular complexity index is 3540. The van der Waals surface area contributed by atoms with Crippen LogP contribution in [0.5, 0.6) is 0 Å². The molecule has 0 spiro atoms. The molecule has 2 aliphatic carbocycles. The molecule has 5 heterocycles. The number of aromatic carboxylic acids is 2. The summed E-state index contributed by atoms with van der Waals surface area (Å²) in [6, 6.07) is 33.9. The van der Waals surface area contributed by atoms with Gasteiger partial charge in [0.15, 0.2) is 0 Å². The van der Waals surface area contributed by atoms with Crippen LogP contribution in [0.4, 0.5) is 0 Å². The number of aromatic nitrogens is 7. The van der Waals surface area contributed by atoms with Gasteiger partial charge in [-0.1, -0.05) is 88.8 Å². The first kappa shape index (κ1) is 74.0. The first-order valence-corrected chi connectivity index (χ1v) is 31.6. The molecule has 484 valence electrons. The van der Waals surface area contributed by atoms with Gasteiger partial charge in [-0.3, -0.25) is 33.5 Å². The molecule has 0 unspecified atom stereocenters. The molecule has 27 heteroatoms. The smallest absolute Gasteiger partial charge is 0.478 e. The first-order chi connectivity index (χ1) is 44.2. The Morgan fingerprint density at radius 1 is 0.500 bits per heavy atom. The average Bonchev–Trinajstić information content (AvgIpc) is 2.27. The van der Waals surface area contributed by atoms with Gasteiger partial charge in [0.1, 0.15) is 9.21 Å². The summed E-state index contributed by atoms with van der Waals surface area (Å²) in [5.74, 6) is -2.34. The summed E-state index contributed by atoms with van der Waals surface area (Å²) in [4.78, 5) is 85.7. The van der Waals surface area contributed by atoms with E-state index in [4.69, 9.17) is 30.3 Å². The third kappa shape index (κ3) is 25.5. The molecular weight excluding hydrogens is 1310 g/mol. The molecule has 8 N–H and O–H groups in total. The maximum atomic E-state index is 12.7. The number of pyridine rings is 3. The molecule has 8 aromatic rings. The van der Waals surface area contributed by atoms with Crippen LogP contribution >= 0.6 is 31.9 Å². The van der Waals surface area contributed by atoms with Gasteiger partial charge in [0, 0.05) is 99.3 Å². The van der Waals surface area contributed by atoms with Crippen molar-refractivity contribution in [2.45, 2.75) is 103 Å². The third-order valence-corrected chi connectivity index (χ3v) is 15.2. The zero-order chi connectivity index (χ0) is 67.0. The number of nitrogens with zero attached hydrogens (tertiary/aromatic N) is 9. The molecule has 0 radical (unpaired) electrons. The third-order valence-electron chi connectivity index (χ3n) is 14.3. The summed E-state index contributed by atoms with van der Waals surface area (Å²) >= 11 is 6.33. The van der Waals surface area contributed by atoms with Crippen LogP contribution in [0.25, 0.3) is 11.3 Å². The van der Waals surface area contributed by atoms with E-state index in [0.29, 0.717) is 58.5 Å². The number of rotatable bonds is 17. The van der Waals surface area contributed by atoms with E-state index >= 15 is 0 Å². The van der Waals surface area contributed by atoms with Crippen molar-refractivity contribution in [2.24, 2.45) is 0 Å². The predicted octanol–water partition coefficient (Wildman–Crippen LogP) is 7.65. The van der Waals surface area contributed by atoms with E-state index in [-0.39, 0.29) is 52.3 Å². The monoisotopic (exact) mass is 1380 g/mol. The summed E-state index contributed by atoms with van der Waals surface area (Å²) < 4.78 is 4.95. The lowest BCUT2D eigenvalue weighted by atomic mass is 9.79. The Morgan fingerprint density at radius 2 is 0.902 bits per heavy atom. The fourth-order valence-electron chi connectivity index (χ4n) is 9.23. The average molecular weight is 1390 g/mol. The van der Waals surface area contributed by atoms with Crippen molar-refractivity contribution in [3.63, 3.8) is 0 Å². The maximum absolute atomic E-state index is 12.7. The minimum absolute atomic E-state index is 0.0376. The van der Waals surface area contributed by atoms with Gasteiger partial charge in [0.05, 0.1) is 41.0 Å². The van der Waals surface area contributed by atoms with Crippen molar-refractivity contribution in [3.05, 3.63) is 207 Å². The molecule has 3 aromatic carbocycles. The Balaban J connectivity index is 0.000000221. The number of hydrogen-bond donors (Lipinski definition) is 8. The van der Waals surface area contributed by atoms with Crippen LogP contribution in [0, 0.1) is 0 Å². The van der Waals surface area contributed by atoms with E-state index in [1.807, 2.05) is 68.7 Å². The van der Waals surface area contributed by atoms with E-state index in [2.05, 4.69) is 67.6 Å². The molecule has 10 rings (SSSR count). The molecule has 0 bridgehead atoms. The lowest BCUT2D eigenvalue weighted by Gasteiger charge is -2.22. The molecule has 0 saturated heterocycles. The summed E-state index contributed by atoms with van der Waals surface area (Å²) in [5.41, 5.74) is 4.56. The van der Waals surface area contributed by atoms with E-state index < -0.39 is 26.2 Å². The quantitative estimate of drug-likeness (QED) is 0.0320. The molecule has 2 fully saturated rings. The van der Waals surface area contributed by atoms with Gasteiger partial charge in [-0.2, -0.15) is 10.2 Å². The summed E-state index contributed by atoms with van der Waals surface area (Å²) in [5, 5.41) is 66.9. The minimum Gasteiger partial charge on any atom is -0.478 e. The Hall–Kier alpha value is -8.72. The van der Waals surface area contributed by atoms with E-state index in [1.54, 1.807) is 101 Å². The first-order valence-electron chi connectivity index (χ1n) is 30.0. The van der Waals surface area contributed by atoms with Gasteiger partial charge in [0.2, 0.25) is 0 Å². The second-order valence-corrected chi connectivity index (χ2v) is 22.6. The molecule has 0 atom stereocenters. The molecule has 92 heavy (non-hydrogen) atoms. The molecule has 5 aromatic heterocycles. The Kier molecular flexibility index (Phi) is 31.8. The fraction of sp³-hybridized carbons (Fsp3) is 0.308. The fourth-order valence-corrected chi connectivity index (χ4v) is 9.70. The number of nitrogens with one attached hydrogen (secondary N) is 2. The van der Waals surface area contributed by atoms with Gasteiger partial charge in [-0.05, 0) is 153 Å². The molecule has 2 aliphatic rings. The van der Waals surface area contributed by atoms with Crippen molar-refractivity contribution in [1.82, 2.24) is 54.9 Å². The lowest BCUT2D eigenvalue weighted by Crippen LogP contribution is -2.37. The van der Waals surface area contributed by atoms with Crippen molar-refractivity contribution < 1.29 is 59.1 Å². The Labute approximate surface area is 552 Å². The highest BCUT2D eigenvalue weighted by atomic mass is 79.9. The second-order valence-electron chi connectivity index (χ2n) is 21.0. The number of carboxylic acids is 2. The molecule has 0 aliphatic heterocycles. The van der Waals surface area contributed by atoms with Gasteiger partial charge < -0.3 is 50.7 Å². The highest BCUT2D eigenvalue weighted by Gasteiger charge is 2.21. The van der Waals surface area contributed by atoms with Crippen molar-refractivity contribution in [3.8, 4) is 11.3 Å². The molecule has 2 saturated carbocycles. The largest absolute Gasteiger partial charge is 0.488 e. The van der Waals surface area contributed by atoms with E-state index in [9.17, 15) is 28.8 Å². The second kappa shape index (κ2) is 39.5. The maximum Gasteiger partial charge on any atom is 0.488 e. The number of carbonyl (C=O) groups is 6. The zero-order valence-electron chi connectivity index (χ0n) is 51.7. The van der Waals surface area contributed by atoms with Gasteiger partial charge >= 0.3 is 26.2 Å². The van der Waals surface area contributed by atoms with Gasteiger partial charge in [-0.15, -0.1) is 0 Å². The number of likely N-dealkylation sites (N-methyl/N-ethyl adjacent to an activating group) is 2. The lowest BCUT2D eigenvalue weighted by molar-refractivity contribution is 0.0686. The van der Waals surface area contributed by atoms with Crippen LogP contribution in [-0.2, 0) is 13.1 Å². The normalized spacial score (nSPS) is 12.5. The SMILES string of the molecule is CC.CN(CCn1cccn1)C(=O)c1ccc(-c2cccc(C(=O)NC3CCCCC3)c2)nc1.CN(CCn1cccn1)C(=O)c1ccc(Br)nc1.O=C(NC1CCCCC1)c1cccc(B(O)O)c1.O=C(O)c1ccc(Br)nc1.O=C(O)c1cccc(B(O)O)c1. The summed E-state index contributed by atoms with van der Waals surface area (Å²) in [6.07, 6.45) is 23.0. The van der Waals surface area contributed by atoms with E-state index in [0.717, 1.165) is 41.5 Å². The highest BCUT2D eigenvalue weighted by Crippen LogP contribution is 2.22. The molecule has 23 nitrogen and oxygen atoms in total. The topological polar surface area (TPSA) is 329 Å². The summed E-state index contributed by atoms with van der Waals surface area (Å²) in [7, 11) is 0.388. The van der Waals surface area contributed by atoms with Crippen LogP contribution < -0.4 is 21.6 Å². The van der Waals surface area contributed by atoms with Gasteiger partial charge in [-0.25, -0.2) is 19.6 Å². The zero-order valence-corrected chi connectivity index (χ0v) is 54.9. The number of amides is 4. The van der Waals surface area contributed by atoms with Crippen LogP contribution in [0.2, 0.25) is 0 Å². The molecular formula is C65H77B2Br2N11O12. The number of carbonyl (C=O) groups excluding carboxylic acids is 4. The Morgan fingerprint density at radius 3 is 1.29 bits per heavy atom. The van der Waals surface area contributed by atoms with E-state index in [1.165, 1.54) is 81.1 Å². The molecule has 4 amide bonds. The van der Waals surface area contributed by atoms with Crippen LogP contribution in [-0.4, -0.2) is 164 Å². The van der Waals surface area contributed by atoms with Gasteiger partial charge in [0.25, 0.3) is 23.6 Å². The van der Waals surface area contributed by atoms with Crippen molar-refractivity contribution in [2.75, 3.05) is 27.2 Å². The summed E-state index contributed by atoms with van der Waals surface area (Å²) in [6.45, 7) is 6.48. The standard InChI is InChI=1S/C25H29N5O2.C13H18BNO3.C12H13BrN4O.C7H7BO4.C6H4BrNO2.C2H6/c1-29(15-16-30-14-6-13-27-30)25(32)21-11-12-23(26-18-21)19-7-5-8-20(17-19)24(31)28-22-9-3-2-4-10-22;16-13(15-12-7-2-1-3-8-12)10-5-4-6-11(9-10)14(17)18;1-16(7-8-17-6-2-5-15-17)12(18)10-3-4-11(13)14-9-10;9-7(10)5-2-1-3-6(4-5)8(11)12;7-5-2-1-4(3-8-5)6(9)10;1-2/h5-8,11-14,17-18,22H,2-4,9-10,15-16H2,1H3,(H,28,31);4-6,9,12,17-18H,1-3,7-8H2,(H,15,16);2-6,9H,7-8H2,1H3;1-4,11-12H,(H,9,10);1-3H,(H,9,10);1-2H3. The number of halogens is 2. The van der Waals surface area contributed by atoms with Crippen molar-refractivity contribution >= 4 is 92.6 Å². The van der Waals surface area contributed by atoms with Crippen LogP contribution in [0.15, 0.2) is 174 Å². The number of hydrogen-bond acceptors (Lipinski definition) is 15. The number of carboxylic acid groups (broad SMARTS) is 2. The van der Waals surface area contributed by atoms with Crippen LogP contribution in [0.3, 0.4) is 0 Å². The van der Waals surface area contributed by atoms with Crippen LogP contribution in [0.1, 0.15) is 140 Å². The number of benzene rings is 3. The van der Waals surface area contributed by atoms with Crippen molar-refractivity contribution in [1.29, 1.82) is 0 Å². The highest BCUT2D eigenvalue weighted by molar-refractivity contribution is 9.10. The minimum atomic E-state index is -1.62.